The normalized spacial score (nSPS) is 12.9. The molecule has 2 rings (SSSR count). The summed E-state index contributed by atoms with van der Waals surface area (Å²) < 4.78 is 1.90. The van der Waals surface area contributed by atoms with Gasteiger partial charge in [0.05, 0.1) is 11.8 Å². The molecule has 0 saturated heterocycles. The summed E-state index contributed by atoms with van der Waals surface area (Å²) in [5.41, 5.74) is 2.72. The number of nitrogens with zero attached hydrogens (tertiary/aromatic N) is 4. The van der Waals surface area contributed by atoms with Crippen LogP contribution in [0.1, 0.15) is 32.3 Å². The monoisotopic (exact) mass is 263 g/mol. The van der Waals surface area contributed by atoms with Crippen molar-refractivity contribution in [1.82, 2.24) is 19.7 Å². The number of aliphatic hydroxyl groups excluding tert-OH is 1. The fraction of sp³-hybridized carbons (Fsp3) is 0.615. The number of aryl methyl sites for hydroxylation is 3. The van der Waals surface area contributed by atoms with Crippen molar-refractivity contribution in [1.29, 1.82) is 0 Å². The molecule has 0 aliphatic rings. The molecule has 0 aliphatic heterocycles. The largest absolute Gasteiger partial charge is 0.392 e. The molecule has 2 aromatic rings. The van der Waals surface area contributed by atoms with Crippen LogP contribution in [0.15, 0.2) is 0 Å². The lowest BCUT2D eigenvalue weighted by Crippen LogP contribution is -2.17. The molecule has 104 valence electrons. The van der Waals surface area contributed by atoms with Crippen LogP contribution in [-0.2, 0) is 13.0 Å². The Bertz CT molecular complexity index is 576. The van der Waals surface area contributed by atoms with Gasteiger partial charge in [-0.05, 0) is 20.8 Å². The molecular formula is C13H21N5O. The second kappa shape index (κ2) is 5.52. The van der Waals surface area contributed by atoms with Crippen molar-refractivity contribution in [3.05, 3.63) is 11.5 Å². The van der Waals surface area contributed by atoms with Gasteiger partial charge in [-0.3, -0.25) is 4.68 Å². The van der Waals surface area contributed by atoms with Crippen molar-refractivity contribution >= 4 is 16.9 Å². The van der Waals surface area contributed by atoms with Crippen molar-refractivity contribution < 1.29 is 5.11 Å². The van der Waals surface area contributed by atoms with Crippen molar-refractivity contribution in [3.8, 4) is 0 Å². The summed E-state index contributed by atoms with van der Waals surface area (Å²) in [4.78, 5) is 9.07. The topological polar surface area (TPSA) is 75.9 Å². The van der Waals surface area contributed by atoms with Crippen LogP contribution in [-0.4, -0.2) is 37.5 Å². The lowest BCUT2D eigenvalue weighted by molar-refractivity contribution is 0.208. The first-order valence-corrected chi connectivity index (χ1v) is 6.72. The first-order chi connectivity index (χ1) is 9.06. The van der Waals surface area contributed by atoms with Crippen molar-refractivity contribution in [3.63, 3.8) is 0 Å². The van der Waals surface area contributed by atoms with E-state index in [1.807, 2.05) is 25.5 Å². The van der Waals surface area contributed by atoms with Gasteiger partial charge < -0.3 is 10.4 Å². The Kier molecular flexibility index (Phi) is 3.99. The number of hydrogen-bond acceptors (Lipinski definition) is 5. The van der Waals surface area contributed by atoms with E-state index in [4.69, 9.17) is 0 Å². The second-order valence-electron chi connectivity index (χ2n) is 4.67. The number of rotatable bonds is 5. The molecule has 2 N–H and O–H groups in total. The highest BCUT2D eigenvalue weighted by atomic mass is 16.3. The summed E-state index contributed by atoms with van der Waals surface area (Å²) >= 11 is 0. The van der Waals surface area contributed by atoms with E-state index in [0.29, 0.717) is 6.54 Å². The van der Waals surface area contributed by atoms with Gasteiger partial charge in [0.1, 0.15) is 16.9 Å². The highest BCUT2D eigenvalue weighted by Gasteiger charge is 2.15. The molecule has 2 heterocycles. The van der Waals surface area contributed by atoms with Gasteiger partial charge >= 0.3 is 0 Å². The first-order valence-electron chi connectivity index (χ1n) is 6.72. The third kappa shape index (κ3) is 2.68. The summed E-state index contributed by atoms with van der Waals surface area (Å²) in [5.74, 6) is 1.55. The minimum atomic E-state index is -0.422. The fourth-order valence-electron chi connectivity index (χ4n) is 2.03. The fourth-order valence-corrected chi connectivity index (χ4v) is 2.03. The molecule has 19 heavy (non-hydrogen) atoms. The number of aliphatic hydroxyl groups is 1. The van der Waals surface area contributed by atoms with Gasteiger partial charge in [-0.2, -0.15) is 5.10 Å². The van der Waals surface area contributed by atoms with E-state index in [2.05, 4.69) is 20.4 Å². The predicted molar refractivity (Wildman–Crippen MR) is 75.3 cm³/mol. The SMILES string of the molecule is CCc1nc(NCC(C)O)c2c(n1)c(C)nn2CC. The maximum Gasteiger partial charge on any atom is 0.156 e. The highest BCUT2D eigenvalue weighted by molar-refractivity contribution is 5.87. The maximum absolute atomic E-state index is 9.42. The lowest BCUT2D eigenvalue weighted by atomic mass is 10.3. The van der Waals surface area contributed by atoms with Gasteiger partial charge in [0.25, 0.3) is 0 Å². The molecular weight excluding hydrogens is 242 g/mol. The first kappa shape index (κ1) is 13.7. The molecule has 2 aromatic heterocycles. The molecule has 0 aromatic carbocycles. The van der Waals surface area contributed by atoms with Crippen LogP contribution in [0.25, 0.3) is 11.0 Å². The summed E-state index contributed by atoms with van der Waals surface area (Å²) in [6.07, 6.45) is 0.352. The van der Waals surface area contributed by atoms with Crippen LogP contribution in [0.2, 0.25) is 0 Å². The summed E-state index contributed by atoms with van der Waals surface area (Å²) in [6, 6.07) is 0. The molecule has 0 radical (unpaired) electrons. The number of hydrogen-bond donors (Lipinski definition) is 2. The van der Waals surface area contributed by atoms with Gasteiger partial charge in [0, 0.05) is 19.5 Å². The second-order valence-corrected chi connectivity index (χ2v) is 4.67. The van der Waals surface area contributed by atoms with E-state index in [0.717, 1.165) is 41.3 Å². The summed E-state index contributed by atoms with van der Waals surface area (Å²) in [7, 11) is 0. The van der Waals surface area contributed by atoms with E-state index in [1.54, 1.807) is 6.92 Å². The van der Waals surface area contributed by atoms with Crippen LogP contribution in [0, 0.1) is 6.92 Å². The van der Waals surface area contributed by atoms with E-state index in [9.17, 15) is 5.11 Å². The lowest BCUT2D eigenvalue weighted by Gasteiger charge is -2.11. The third-order valence-corrected chi connectivity index (χ3v) is 2.98. The Morgan fingerprint density at radius 2 is 2.05 bits per heavy atom. The third-order valence-electron chi connectivity index (χ3n) is 2.98. The summed E-state index contributed by atoms with van der Waals surface area (Å²) in [5, 5.41) is 17.1. The van der Waals surface area contributed by atoms with Crippen molar-refractivity contribution in [2.45, 2.75) is 46.8 Å². The van der Waals surface area contributed by atoms with Gasteiger partial charge in [-0.25, -0.2) is 9.97 Å². The number of aromatic nitrogens is 4. The smallest absolute Gasteiger partial charge is 0.156 e. The summed E-state index contributed by atoms with van der Waals surface area (Å²) in [6.45, 7) is 9.00. The van der Waals surface area contributed by atoms with Crippen LogP contribution in [0.5, 0.6) is 0 Å². The minimum Gasteiger partial charge on any atom is -0.392 e. The average Bonchev–Trinajstić information content (AvgIpc) is 2.72. The molecule has 0 spiro atoms. The molecule has 0 saturated carbocycles. The van der Waals surface area contributed by atoms with E-state index < -0.39 is 6.10 Å². The van der Waals surface area contributed by atoms with E-state index >= 15 is 0 Å². The van der Waals surface area contributed by atoms with Crippen molar-refractivity contribution in [2.24, 2.45) is 0 Å². The zero-order valence-corrected chi connectivity index (χ0v) is 11.9. The molecule has 0 amide bonds. The Morgan fingerprint density at radius 3 is 2.63 bits per heavy atom. The molecule has 0 aliphatic carbocycles. The zero-order chi connectivity index (χ0) is 14.0. The molecule has 1 unspecified atom stereocenters. The Labute approximate surface area is 112 Å². The average molecular weight is 263 g/mol. The van der Waals surface area contributed by atoms with Crippen LogP contribution in [0.3, 0.4) is 0 Å². The van der Waals surface area contributed by atoms with Gasteiger partial charge in [0.15, 0.2) is 5.82 Å². The standard InChI is InChI=1S/C13H21N5O/c1-5-10-15-11-9(4)17-18(6-2)12(11)13(16-10)14-7-8(3)19/h8,19H,5-7H2,1-4H3,(H,14,15,16). The molecule has 6 heteroatoms. The Morgan fingerprint density at radius 1 is 1.32 bits per heavy atom. The van der Waals surface area contributed by atoms with Gasteiger partial charge in [-0.15, -0.1) is 0 Å². The molecule has 6 nitrogen and oxygen atoms in total. The van der Waals surface area contributed by atoms with E-state index in [-0.39, 0.29) is 0 Å². The molecule has 0 bridgehead atoms. The Hall–Kier alpha value is -1.69. The highest BCUT2D eigenvalue weighted by Crippen LogP contribution is 2.23. The van der Waals surface area contributed by atoms with E-state index in [1.165, 1.54) is 0 Å². The molecule has 0 fully saturated rings. The van der Waals surface area contributed by atoms with Crippen LogP contribution < -0.4 is 5.32 Å². The number of anilines is 1. The number of fused-ring (bicyclic) bond motifs is 1. The van der Waals surface area contributed by atoms with Crippen LogP contribution >= 0.6 is 0 Å². The maximum atomic E-state index is 9.42. The minimum absolute atomic E-state index is 0.422. The van der Waals surface area contributed by atoms with Gasteiger partial charge in [-0.1, -0.05) is 6.92 Å². The van der Waals surface area contributed by atoms with Crippen molar-refractivity contribution in [2.75, 3.05) is 11.9 Å². The Balaban J connectivity index is 2.57. The predicted octanol–water partition coefficient (Wildman–Crippen LogP) is 1.51. The molecule has 1 atom stereocenters. The number of nitrogens with one attached hydrogen (secondary N) is 1. The quantitative estimate of drug-likeness (QED) is 0.855. The zero-order valence-electron chi connectivity index (χ0n) is 11.9. The van der Waals surface area contributed by atoms with Crippen LogP contribution in [0.4, 0.5) is 5.82 Å². The van der Waals surface area contributed by atoms with Gasteiger partial charge in [0.2, 0.25) is 0 Å².